The van der Waals surface area contributed by atoms with Crippen molar-refractivity contribution in [3.8, 4) is 22.3 Å². The van der Waals surface area contributed by atoms with Crippen LogP contribution in [0, 0.1) is 11.6 Å². The van der Waals surface area contributed by atoms with Gasteiger partial charge in [-0.25, -0.2) is 8.78 Å². The minimum Gasteiger partial charge on any atom is -0.454 e. The number of halogens is 2. The quantitative estimate of drug-likeness (QED) is 0.223. The molecule has 0 amide bonds. The highest BCUT2D eigenvalue weighted by molar-refractivity contribution is 6.11. The van der Waals surface area contributed by atoms with Crippen molar-refractivity contribution >= 4 is 39.0 Å². The van der Waals surface area contributed by atoms with E-state index in [1.807, 2.05) is 108 Å². The predicted molar refractivity (Wildman–Crippen MR) is 159 cm³/mol. The fourth-order valence-corrected chi connectivity index (χ4v) is 5.40. The van der Waals surface area contributed by atoms with E-state index in [4.69, 9.17) is 4.42 Å². The van der Waals surface area contributed by atoms with Gasteiger partial charge in [-0.1, -0.05) is 91.0 Å². The van der Waals surface area contributed by atoms with E-state index in [-0.39, 0.29) is 11.6 Å². The standard InChI is InChI=1S/C36H23F2NO/c37-26-18-20-32(30(22-26)24-10-3-1-4-11-24)39(33-21-19-27(38)23-31(33)25-12-5-2-6-13-25)34-16-9-15-29-28-14-7-8-17-35(28)40-36(29)34/h1-23H. The van der Waals surface area contributed by atoms with Crippen LogP contribution >= 0.6 is 0 Å². The lowest BCUT2D eigenvalue weighted by atomic mass is 9.98. The average molecular weight is 524 g/mol. The molecule has 7 aromatic rings. The fraction of sp³-hybridized carbons (Fsp3) is 0. The first kappa shape index (κ1) is 23.9. The van der Waals surface area contributed by atoms with Gasteiger partial charge in [0.25, 0.3) is 0 Å². The number of hydrogen-bond donors (Lipinski definition) is 0. The molecule has 4 heteroatoms. The summed E-state index contributed by atoms with van der Waals surface area (Å²) in [7, 11) is 0. The van der Waals surface area contributed by atoms with Crippen LogP contribution in [-0.4, -0.2) is 0 Å². The van der Waals surface area contributed by atoms with Gasteiger partial charge in [-0.15, -0.1) is 0 Å². The van der Waals surface area contributed by atoms with Crippen molar-refractivity contribution in [2.45, 2.75) is 0 Å². The van der Waals surface area contributed by atoms with Gasteiger partial charge < -0.3 is 9.32 Å². The zero-order chi connectivity index (χ0) is 27.1. The van der Waals surface area contributed by atoms with Gasteiger partial charge >= 0.3 is 0 Å². The van der Waals surface area contributed by atoms with Crippen LogP contribution in [0.1, 0.15) is 0 Å². The highest BCUT2D eigenvalue weighted by atomic mass is 19.1. The molecule has 0 aliphatic heterocycles. The van der Waals surface area contributed by atoms with Crippen molar-refractivity contribution < 1.29 is 13.2 Å². The normalized spacial score (nSPS) is 11.2. The van der Waals surface area contributed by atoms with E-state index in [1.165, 1.54) is 12.1 Å². The maximum absolute atomic E-state index is 14.8. The van der Waals surface area contributed by atoms with E-state index in [0.717, 1.165) is 44.5 Å². The van der Waals surface area contributed by atoms with Crippen LogP contribution in [0.2, 0.25) is 0 Å². The summed E-state index contributed by atoms with van der Waals surface area (Å²) >= 11 is 0. The van der Waals surface area contributed by atoms with Gasteiger partial charge in [0.15, 0.2) is 5.58 Å². The van der Waals surface area contributed by atoms with Gasteiger partial charge in [-0.3, -0.25) is 0 Å². The second kappa shape index (κ2) is 9.83. The first-order chi connectivity index (χ1) is 19.7. The number of rotatable bonds is 5. The summed E-state index contributed by atoms with van der Waals surface area (Å²) in [5.41, 5.74) is 6.85. The molecule has 1 aromatic heterocycles. The largest absolute Gasteiger partial charge is 0.454 e. The van der Waals surface area contributed by atoms with Crippen LogP contribution in [0.3, 0.4) is 0 Å². The highest BCUT2D eigenvalue weighted by Gasteiger charge is 2.24. The first-order valence-corrected chi connectivity index (χ1v) is 13.1. The Hall–Kier alpha value is -5.22. The summed E-state index contributed by atoms with van der Waals surface area (Å²) in [5, 5.41) is 1.97. The SMILES string of the molecule is Fc1ccc(N(c2ccc(F)cc2-c2ccccc2)c2cccc3c2oc2ccccc23)c(-c2ccccc2)c1. The van der Waals surface area contributed by atoms with Crippen LogP contribution < -0.4 is 4.90 Å². The third-order valence-electron chi connectivity index (χ3n) is 7.19. The first-order valence-electron chi connectivity index (χ1n) is 13.1. The molecular weight excluding hydrogens is 500 g/mol. The number of fused-ring (bicyclic) bond motifs is 3. The van der Waals surface area contributed by atoms with E-state index in [0.29, 0.717) is 16.7 Å². The Labute approximate surface area is 230 Å². The number of hydrogen-bond acceptors (Lipinski definition) is 2. The van der Waals surface area contributed by atoms with Crippen molar-refractivity contribution in [1.29, 1.82) is 0 Å². The molecule has 0 fully saturated rings. The molecule has 2 nitrogen and oxygen atoms in total. The maximum Gasteiger partial charge on any atom is 0.159 e. The molecule has 6 aromatic carbocycles. The minimum absolute atomic E-state index is 0.341. The molecule has 0 saturated heterocycles. The van der Waals surface area contributed by atoms with Crippen LogP contribution in [0.5, 0.6) is 0 Å². The second-order valence-corrected chi connectivity index (χ2v) is 9.64. The molecule has 0 aliphatic rings. The molecule has 0 aliphatic carbocycles. The van der Waals surface area contributed by atoms with Gasteiger partial charge in [-0.2, -0.15) is 0 Å². The van der Waals surface area contributed by atoms with E-state index in [1.54, 1.807) is 24.3 Å². The Bertz CT molecular complexity index is 1890. The second-order valence-electron chi connectivity index (χ2n) is 9.64. The number of anilines is 3. The van der Waals surface area contributed by atoms with Gasteiger partial charge in [-0.05, 0) is 59.7 Å². The molecule has 0 N–H and O–H groups in total. The van der Waals surface area contributed by atoms with Crippen LogP contribution in [0.4, 0.5) is 25.8 Å². The Balaban J connectivity index is 1.59. The topological polar surface area (TPSA) is 16.4 Å². The summed E-state index contributed by atoms with van der Waals surface area (Å²) < 4.78 is 36.1. The number of nitrogens with zero attached hydrogens (tertiary/aromatic N) is 1. The van der Waals surface area contributed by atoms with Gasteiger partial charge in [0.05, 0.1) is 17.1 Å². The van der Waals surface area contributed by atoms with Crippen LogP contribution in [0.15, 0.2) is 144 Å². The molecule has 7 rings (SSSR count). The van der Waals surface area contributed by atoms with E-state index >= 15 is 0 Å². The van der Waals surface area contributed by atoms with E-state index < -0.39 is 0 Å². The molecule has 0 bridgehead atoms. The van der Waals surface area contributed by atoms with Crippen LogP contribution in [-0.2, 0) is 0 Å². The van der Waals surface area contributed by atoms with Crippen molar-refractivity contribution in [1.82, 2.24) is 0 Å². The van der Waals surface area contributed by atoms with Crippen molar-refractivity contribution in [2.24, 2.45) is 0 Å². The van der Waals surface area contributed by atoms with Crippen molar-refractivity contribution in [3.05, 3.63) is 151 Å². The molecule has 40 heavy (non-hydrogen) atoms. The van der Waals surface area contributed by atoms with E-state index in [2.05, 4.69) is 0 Å². The Morgan fingerprint density at radius 1 is 0.450 bits per heavy atom. The monoisotopic (exact) mass is 523 g/mol. The van der Waals surface area contributed by atoms with Gasteiger partial charge in [0, 0.05) is 21.9 Å². The summed E-state index contributed by atoms with van der Waals surface area (Å²) in [4.78, 5) is 2.05. The van der Waals surface area contributed by atoms with E-state index in [9.17, 15) is 8.78 Å². The molecule has 0 radical (unpaired) electrons. The Morgan fingerprint density at radius 3 is 1.57 bits per heavy atom. The fourth-order valence-electron chi connectivity index (χ4n) is 5.40. The Morgan fingerprint density at radius 2 is 0.975 bits per heavy atom. The summed E-state index contributed by atoms with van der Waals surface area (Å²) in [6, 6.07) is 42.9. The lowest BCUT2D eigenvalue weighted by molar-refractivity contribution is 0.628. The third-order valence-corrected chi connectivity index (χ3v) is 7.19. The minimum atomic E-state index is -0.341. The number of benzene rings is 6. The molecule has 0 atom stereocenters. The zero-order valence-electron chi connectivity index (χ0n) is 21.4. The predicted octanol–water partition coefficient (Wildman–Crippen LogP) is 10.7. The van der Waals surface area contributed by atoms with Crippen molar-refractivity contribution in [2.75, 3.05) is 4.90 Å². The molecule has 0 saturated carbocycles. The highest BCUT2D eigenvalue weighted by Crippen LogP contribution is 2.48. The van der Waals surface area contributed by atoms with Gasteiger partial charge in [0.1, 0.15) is 17.2 Å². The Kier molecular flexibility index (Phi) is 5.86. The summed E-state index contributed by atoms with van der Waals surface area (Å²) in [5.74, 6) is -0.682. The summed E-state index contributed by atoms with van der Waals surface area (Å²) in [6.45, 7) is 0. The molecular formula is C36H23F2NO. The average Bonchev–Trinajstić information content (AvgIpc) is 3.39. The lowest BCUT2D eigenvalue weighted by Crippen LogP contribution is -2.13. The van der Waals surface area contributed by atoms with Crippen LogP contribution in [0.25, 0.3) is 44.2 Å². The summed E-state index contributed by atoms with van der Waals surface area (Å²) in [6.07, 6.45) is 0. The number of furan rings is 1. The molecule has 192 valence electrons. The van der Waals surface area contributed by atoms with Crippen molar-refractivity contribution in [3.63, 3.8) is 0 Å². The molecule has 0 spiro atoms. The molecule has 1 heterocycles. The smallest absolute Gasteiger partial charge is 0.159 e. The molecule has 0 unspecified atom stereocenters. The third kappa shape index (κ3) is 4.11. The maximum atomic E-state index is 14.8. The zero-order valence-corrected chi connectivity index (χ0v) is 21.4. The number of para-hydroxylation sites is 2. The van der Waals surface area contributed by atoms with Gasteiger partial charge in [0.2, 0.25) is 0 Å². The lowest BCUT2D eigenvalue weighted by Gasteiger charge is -2.30.